The molecule has 3 nitrogen and oxygen atoms in total. The van der Waals surface area contributed by atoms with Crippen LogP contribution in [0.1, 0.15) is 13.8 Å². The number of halogens is 3. The van der Waals surface area contributed by atoms with Gasteiger partial charge >= 0.3 is 12.1 Å². The lowest BCUT2D eigenvalue weighted by molar-refractivity contribution is -0.149. The number of carbonyl (C=O) groups excluding carboxylic acids is 1. The average Bonchev–Trinajstić information content (AvgIpc) is 2.25. The normalized spacial score (nSPS) is 12.9. The molecule has 1 rings (SSSR count). The zero-order valence-corrected chi connectivity index (χ0v) is 10.1. The van der Waals surface area contributed by atoms with Crippen molar-refractivity contribution in [1.82, 2.24) is 0 Å². The van der Waals surface area contributed by atoms with E-state index in [1.54, 1.807) is 18.2 Å². The first-order valence-corrected chi connectivity index (χ1v) is 5.35. The first-order chi connectivity index (χ1) is 8.29. The predicted molar refractivity (Wildman–Crippen MR) is 61.1 cm³/mol. The van der Waals surface area contributed by atoms with Crippen molar-refractivity contribution in [1.29, 1.82) is 0 Å². The van der Waals surface area contributed by atoms with Gasteiger partial charge in [-0.15, -0.1) is 0 Å². The highest BCUT2D eigenvalue weighted by molar-refractivity contribution is 5.66. The van der Waals surface area contributed by atoms with Crippen LogP contribution in [-0.4, -0.2) is 24.9 Å². The largest absolute Gasteiger partial charge is 0.442 e. The van der Waals surface area contributed by atoms with E-state index in [1.165, 1.54) is 19.1 Å². The number of esters is 1. The number of hydrogen-bond donors (Lipinski definition) is 0. The fourth-order valence-electron chi connectivity index (χ4n) is 1.55. The van der Waals surface area contributed by atoms with Gasteiger partial charge in [0.1, 0.15) is 6.54 Å². The highest BCUT2D eigenvalue weighted by Gasteiger charge is 2.33. The summed E-state index contributed by atoms with van der Waals surface area (Å²) in [6.45, 7) is 1.39. The molecular weight excluding hydrogens is 247 g/mol. The van der Waals surface area contributed by atoms with Crippen LogP contribution in [0.3, 0.4) is 0 Å². The maximum Gasteiger partial charge on any atom is 0.406 e. The third-order valence-corrected chi connectivity index (χ3v) is 2.21. The molecular formula is C12H14F3NO2. The van der Waals surface area contributed by atoms with Gasteiger partial charge in [-0.3, -0.25) is 4.79 Å². The molecule has 0 bridgehead atoms. The molecule has 6 heteroatoms. The van der Waals surface area contributed by atoms with Crippen LogP contribution in [0.15, 0.2) is 30.3 Å². The van der Waals surface area contributed by atoms with Crippen LogP contribution in [0.2, 0.25) is 0 Å². The van der Waals surface area contributed by atoms with E-state index in [4.69, 9.17) is 4.74 Å². The fourth-order valence-corrected chi connectivity index (χ4v) is 1.55. The van der Waals surface area contributed by atoms with E-state index in [0.29, 0.717) is 5.69 Å². The molecule has 1 atom stereocenters. The van der Waals surface area contributed by atoms with Crippen LogP contribution in [0.4, 0.5) is 18.9 Å². The number of carbonyl (C=O) groups is 1. The van der Waals surface area contributed by atoms with Gasteiger partial charge in [-0.05, 0) is 19.1 Å². The molecule has 0 fully saturated rings. The van der Waals surface area contributed by atoms with Gasteiger partial charge in [0.25, 0.3) is 0 Å². The van der Waals surface area contributed by atoms with Crippen LogP contribution >= 0.6 is 0 Å². The molecule has 0 saturated heterocycles. The molecule has 100 valence electrons. The number of ether oxygens (including phenoxy) is 1. The molecule has 0 N–H and O–H groups in total. The van der Waals surface area contributed by atoms with Gasteiger partial charge in [0.2, 0.25) is 0 Å². The van der Waals surface area contributed by atoms with E-state index in [1.807, 2.05) is 0 Å². The third kappa shape index (κ3) is 4.65. The molecule has 0 amide bonds. The van der Waals surface area contributed by atoms with E-state index in [2.05, 4.69) is 0 Å². The van der Waals surface area contributed by atoms with Crippen molar-refractivity contribution in [2.24, 2.45) is 0 Å². The Hall–Kier alpha value is -1.72. The molecule has 1 unspecified atom stereocenters. The van der Waals surface area contributed by atoms with Crippen molar-refractivity contribution in [3.8, 4) is 0 Å². The minimum absolute atomic E-state index is 0.351. The van der Waals surface area contributed by atoms with Gasteiger partial charge in [-0.25, -0.2) is 0 Å². The molecule has 0 saturated carbocycles. The van der Waals surface area contributed by atoms with Crippen molar-refractivity contribution in [2.75, 3.05) is 11.4 Å². The third-order valence-electron chi connectivity index (χ3n) is 2.21. The molecule has 1 aromatic rings. The van der Waals surface area contributed by atoms with E-state index >= 15 is 0 Å². The smallest absolute Gasteiger partial charge is 0.406 e. The van der Waals surface area contributed by atoms with Gasteiger partial charge in [0.05, 0.1) is 0 Å². The molecule has 0 radical (unpaired) electrons. The minimum atomic E-state index is -4.37. The van der Waals surface area contributed by atoms with Gasteiger partial charge in [0, 0.05) is 12.6 Å². The summed E-state index contributed by atoms with van der Waals surface area (Å²) >= 11 is 0. The summed E-state index contributed by atoms with van der Waals surface area (Å²) in [6.07, 6.45) is -5.35. The maximum atomic E-state index is 12.5. The number of hydrogen-bond acceptors (Lipinski definition) is 3. The summed E-state index contributed by atoms with van der Waals surface area (Å²) in [4.78, 5) is 11.8. The minimum Gasteiger partial charge on any atom is -0.442 e. The second-order valence-electron chi connectivity index (χ2n) is 3.79. The SMILES string of the molecule is CC(=O)OC(C)N(CC(F)(F)F)c1ccccc1. The maximum absolute atomic E-state index is 12.5. The summed E-state index contributed by atoms with van der Waals surface area (Å²) in [5, 5.41) is 0. The summed E-state index contributed by atoms with van der Waals surface area (Å²) in [7, 11) is 0. The second kappa shape index (κ2) is 5.75. The first-order valence-electron chi connectivity index (χ1n) is 5.35. The highest BCUT2D eigenvalue weighted by Crippen LogP contribution is 2.24. The molecule has 0 spiro atoms. The number of rotatable bonds is 4. The quantitative estimate of drug-likeness (QED) is 0.616. The summed E-state index contributed by atoms with van der Waals surface area (Å²) in [6, 6.07) is 8.02. The van der Waals surface area contributed by atoms with Crippen LogP contribution in [0, 0.1) is 0 Å². The molecule has 0 aliphatic heterocycles. The van der Waals surface area contributed by atoms with Crippen molar-refractivity contribution in [2.45, 2.75) is 26.3 Å². The lowest BCUT2D eigenvalue weighted by Crippen LogP contribution is -2.42. The Bertz CT molecular complexity index is 392. The highest BCUT2D eigenvalue weighted by atomic mass is 19.4. The zero-order valence-electron chi connectivity index (χ0n) is 10.1. The Kier molecular flexibility index (Phi) is 4.58. The van der Waals surface area contributed by atoms with Crippen molar-refractivity contribution < 1.29 is 22.7 Å². The van der Waals surface area contributed by atoms with Gasteiger partial charge in [-0.1, -0.05) is 18.2 Å². The topological polar surface area (TPSA) is 29.5 Å². The number of alkyl halides is 3. The molecule has 0 aromatic heterocycles. The number of benzene rings is 1. The summed E-state index contributed by atoms with van der Waals surface area (Å²) < 4.78 is 42.3. The molecule has 1 aromatic carbocycles. The molecule has 0 aliphatic rings. The summed E-state index contributed by atoms with van der Waals surface area (Å²) in [5.74, 6) is -0.620. The second-order valence-corrected chi connectivity index (χ2v) is 3.79. The number of nitrogens with zero attached hydrogens (tertiary/aromatic N) is 1. The fraction of sp³-hybridized carbons (Fsp3) is 0.417. The van der Waals surface area contributed by atoms with Gasteiger partial charge < -0.3 is 9.64 Å². The van der Waals surface area contributed by atoms with Crippen LogP contribution < -0.4 is 4.90 Å². The molecule has 0 heterocycles. The van der Waals surface area contributed by atoms with Crippen LogP contribution in [0.5, 0.6) is 0 Å². The van der Waals surface area contributed by atoms with E-state index in [-0.39, 0.29) is 0 Å². The number of anilines is 1. The number of para-hydroxylation sites is 1. The Labute approximate surface area is 103 Å². The van der Waals surface area contributed by atoms with Crippen molar-refractivity contribution >= 4 is 11.7 Å². The van der Waals surface area contributed by atoms with Crippen LogP contribution in [0.25, 0.3) is 0 Å². The Morgan fingerprint density at radius 3 is 2.33 bits per heavy atom. The average molecular weight is 261 g/mol. The predicted octanol–water partition coefficient (Wildman–Crippen LogP) is 2.96. The Morgan fingerprint density at radius 1 is 1.33 bits per heavy atom. The Morgan fingerprint density at radius 2 is 1.89 bits per heavy atom. The lowest BCUT2D eigenvalue weighted by atomic mass is 10.2. The van der Waals surface area contributed by atoms with Crippen molar-refractivity contribution in [3.05, 3.63) is 30.3 Å². The molecule has 18 heavy (non-hydrogen) atoms. The van der Waals surface area contributed by atoms with E-state index in [0.717, 1.165) is 11.8 Å². The van der Waals surface area contributed by atoms with Crippen molar-refractivity contribution in [3.63, 3.8) is 0 Å². The lowest BCUT2D eigenvalue weighted by Gasteiger charge is -2.31. The first kappa shape index (κ1) is 14.3. The van der Waals surface area contributed by atoms with Crippen LogP contribution in [-0.2, 0) is 9.53 Å². The monoisotopic (exact) mass is 261 g/mol. The van der Waals surface area contributed by atoms with Gasteiger partial charge in [-0.2, -0.15) is 13.2 Å². The summed E-state index contributed by atoms with van der Waals surface area (Å²) in [5.41, 5.74) is 0.351. The van der Waals surface area contributed by atoms with E-state index in [9.17, 15) is 18.0 Å². The van der Waals surface area contributed by atoms with E-state index < -0.39 is 24.9 Å². The van der Waals surface area contributed by atoms with Gasteiger partial charge in [0.15, 0.2) is 6.23 Å². The Balaban J connectivity index is 2.92. The molecule has 0 aliphatic carbocycles. The zero-order chi connectivity index (χ0) is 13.8. The standard InChI is InChI=1S/C12H14F3NO2/c1-9(18-10(2)17)16(8-12(13,14)15)11-6-4-3-5-7-11/h3-7,9H,8H2,1-2H3.